The van der Waals surface area contributed by atoms with Gasteiger partial charge >= 0.3 is 20.3 Å². The van der Waals surface area contributed by atoms with Gasteiger partial charge in [0, 0.05) is 36.6 Å². The molecule has 2 aliphatic heterocycles. The molecule has 0 aliphatic carbocycles. The Labute approximate surface area is 295 Å². The minimum Gasteiger partial charge on any atom is -0.459 e. The van der Waals surface area contributed by atoms with Crippen molar-refractivity contribution in [3.63, 3.8) is 0 Å². The fourth-order valence-electron chi connectivity index (χ4n) is 5.80. The van der Waals surface area contributed by atoms with Gasteiger partial charge in [-0.25, -0.2) is 19.7 Å². The summed E-state index contributed by atoms with van der Waals surface area (Å²) in [5.74, 6) is -1.05. The van der Waals surface area contributed by atoms with Crippen LogP contribution in [0, 0.1) is 6.92 Å². The predicted molar refractivity (Wildman–Crippen MR) is 180 cm³/mol. The number of anilines is 1. The van der Waals surface area contributed by atoms with E-state index in [1.165, 1.54) is 32.7 Å². The first-order chi connectivity index (χ1) is 25.0. The van der Waals surface area contributed by atoms with E-state index in [2.05, 4.69) is 25.3 Å². The summed E-state index contributed by atoms with van der Waals surface area (Å²) in [4.78, 5) is 86.9. The van der Waals surface area contributed by atoms with Crippen molar-refractivity contribution in [3.8, 4) is 0 Å². The van der Waals surface area contributed by atoms with Gasteiger partial charge in [-0.3, -0.25) is 28.5 Å². The molecule has 2 aliphatic rings. The van der Waals surface area contributed by atoms with Crippen LogP contribution >= 0.6 is 8.60 Å². The number of amides is 1. The average molecular weight is 742 g/mol. The fraction of sp³-hybridized carbons (Fsp3) is 0.438. The number of H-pyrrole nitrogens is 1. The van der Waals surface area contributed by atoms with Crippen molar-refractivity contribution >= 4 is 43.2 Å². The minimum absolute atomic E-state index is 0.0141. The molecule has 20 heteroatoms. The van der Waals surface area contributed by atoms with E-state index in [1.54, 1.807) is 34.9 Å². The van der Waals surface area contributed by atoms with Crippen LogP contribution in [0.4, 0.5) is 5.82 Å². The zero-order chi connectivity index (χ0) is 36.9. The summed E-state index contributed by atoms with van der Waals surface area (Å²) >= 11 is 0. The van der Waals surface area contributed by atoms with Crippen molar-refractivity contribution < 1.29 is 47.6 Å². The van der Waals surface area contributed by atoms with Gasteiger partial charge in [-0.05, 0) is 26.0 Å². The first kappa shape index (κ1) is 37.0. The number of esters is 1. The van der Waals surface area contributed by atoms with E-state index in [9.17, 15) is 34.0 Å². The summed E-state index contributed by atoms with van der Waals surface area (Å²) in [7, 11) is -2.60. The standard InChI is InChI=1S/C32H36N7O12P/c1-17-12-38(32(45)37-30(17)43)24-10-20(50-26(42)9-8-18(2)41)23(49-24)14-47-52(46)51-21-11-25(48-22(21)13-40)39-16-35-27-28(33-15-34-29(27)39)36-31(44)19-6-4-3-5-7-19/h3-7,12,15-16,20-25,40,46H,8-11,13-14H2,1-2H3,(H,37,43,45)(H,33,34,36,44)/t20-,21-,22+,23+,24+,25+,52?/m0/s1. The second kappa shape index (κ2) is 16.3. The Morgan fingerprint density at radius 1 is 1.02 bits per heavy atom. The van der Waals surface area contributed by atoms with Crippen LogP contribution < -0.4 is 16.6 Å². The van der Waals surface area contributed by atoms with Gasteiger partial charge in [-0.2, -0.15) is 0 Å². The third-order valence-electron chi connectivity index (χ3n) is 8.47. The number of aromatic nitrogens is 6. The normalized spacial score (nSPS) is 23.5. The highest BCUT2D eigenvalue weighted by Crippen LogP contribution is 2.43. The number of rotatable bonds is 14. The van der Waals surface area contributed by atoms with E-state index in [0.29, 0.717) is 16.7 Å². The molecule has 0 bridgehead atoms. The first-order valence-corrected chi connectivity index (χ1v) is 17.4. The van der Waals surface area contributed by atoms with Crippen LogP contribution in [-0.2, 0) is 32.8 Å². The number of aromatic amines is 1. The van der Waals surface area contributed by atoms with Crippen LogP contribution in [-0.4, -0.2) is 94.4 Å². The molecule has 4 aromatic rings. The van der Waals surface area contributed by atoms with Crippen molar-refractivity contribution in [2.45, 2.75) is 76.4 Å². The second-order valence-corrected chi connectivity index (χ2v) is 13.1. The lowest BCUT2D eigenvalue weighted by Crippen LogP contribution is -2.33. The number of Topliss-reactive ketones (excluding diaryl/α,β-unsaturated/α-hetero) is 1. The molecule has 1 unspecified atom stereocenters. The summed E-state index contributed by atoms with van der Waals surface area (Å²) in [5, 5.41) is 12.8. The molecule has 5 heterocycles. The van der Waals surface area contributed by atoms with E-state index < -0.39 is 69.3 Å². The number of carbonyl (C=O) groups is 3. The molecule has 19 nitrogen and oxygen atoms in total. The molecule has 52 heavy (non-hydrogen) atoms. The van der Waals surface area contributed by atoms with E-state index in [-0.39, 0.29) is 55.4 Å². The molecule has 7 atom stereocenters. The molecule has 2 fully saturated rings. The number of imidazole rings is 1. The SMILES string of the molecule is CC(=O)CCC(=O)O[C@H]1C[C@H](n2cc(C)c(=O)[nH]c2=O)O[C@@H]1COP(O)O[C@H]1C[C@H](n2cnc3c(NC(=O)c4ccccc4)ncnc32)O[C@@H]1CO. The molecule has 276 valence electrons. The molecule has 3 aromatic heterocycles. The van der Waals surface area contributed by atoms with Crippen molar-refractivity contribution in [1.82, 2.24) is 29.1 Å². The maximum absolute atomic E-state index is 12.7. The number of ether oxygens (including phenoxy) is 3. The summed E-state index contributed by atoms with van der Waals surface area (Å²) in [5.41, 5.74) is 0.0526. The van der Waals surface area contributed by atoms with Gasteiger partial charge in [0.15, 0.2) is 17.0 Å². The second-order valence-electron chi connectivity index (χ2n) is 12.2. The number of aliphatic hydroxyl groups excluding tert-OH is 1. The van der Waals surface area contributed by atoms with Crippen LogP contribution in [0.1, 0.15) is 61.0 Å². The van der Waals surface area contributed by atoms with Gasteiger partial charge in [0.2, 0.25) is 0 Å². The van der Waals surface area contributed by atoms with Crippen LogP contribution in [0.15, 0.2) is 58.8 Å². The molecule has 0 saturated carbocycles. The van der Waals surface area contributed by atoms with Crippen LogP contribution in [0.5, 0.6) is 0 Å². The summed E-state index contributed by atoms with van der Waals surface area (Å²) in [6, 6.07) is 8.60. The van der Waals surface area contributed by atoms with Crippen molar-refractivity contribution in [2.75, 3.05) is 18.5 Å². The van der Waals surface area contributed by atoms with Gasteiger partial charge in [-0.1, -0.05) is 18.2 Å². The molecular weight excluding hydrogens is 705 g/mol. The Morgan fingerprint density at radius 3 is 2.50 bits per heavy atom. The topological polar surface area (TPSA) is 248 Å². The third kappa shape index (κ3) is 8.47. The number of nitrogens with zero attached hydrogens (tertiary/aromatic N) is 5. The summed E-state index contributed by atoms with van der Waals surface area (Å²) in [6.07, 6.45) is -1.28. The maximum Gasteiger partial charge on any atom is 0.330 e. The molecule has 1 aromatic carbocycles. The number of nitrogens with one attached hydrogen (secondary N) is 2. The minimum atomic E-state index is -2.60. The van der Waals surface area contributed by atoms with E-state index in [1.807, 2.05) is 0 Å². The van der Waals surface area contributed by atoms with Gasteiger partial charge in [-0.15, -0.1) is 0 Å². The number of ketones is 1. The quantitative estimate of drug-likeness (QED) is 0.105. The van der Waals surface area contributed by atoms with E-state index >= 15 is 0 Å². The Kier molecular flexibility index (Phi) is 11.6. The van der Waals surface area contributed by atoms with E-state index in [0.717, 1.165) is 4.57 Å². The summed E-state index contributed by atoms with van der Waals surface area (Å²) < 4.78 is 31.7. The molecule has 6 rings (SSSR count). The van der Waals surface area contributed by atoms with Crippen LogP contribution in [0.3, 0.4) is 0 Å². The highest BCUT2D eigenvalue weighted by atomic mass is 31.2. The average Bonchev–Trinajstić information content (AvgIpc) is 3.85. The largest absolute Gasteiger partial charge is 0.459 e. The summed E-state index contributed by atoms with van der Waals surface area (Å²) in [6.45, 7) is 2.08. The Morgan fingerprint density at radius 2 is 1.75 bits per heavy atom. The van der Waals surface area contributed by atoms with Crippen LogP contribution in [0.25, 0.3) is 11.2 Å². The smallest absolute Gasteiger partial charge is 0.330 e. The zero-order valence-corrected chi connectivity index (χ0v) is 28.9. The number of hydrogen-bond acceptors (Lipinski definition) is 15. The molecule has 1 amide bonds. The highest BCUT2D eigenvalue weighted by Gasteiger charge is 2.42. The predicted octanol–water partition coefficient (Wildman–Crippen LogP) is 1.41. The lowest BCUT2D eigenvalue weighted by molar-refractivity contribution is -0.153. The van der Waals surface area contributed by atoms with Crippen LogP contribution in [0.2, 0.25) is 0 Å². The molecular formula is C32H36N7O12P. The van der Waals surface area contributed by atoms with Crippen molar-refractivity contribution in [2.24, 2.45) is 0 Å². The molecule has 4 N–H and O–H groups in total. The number of benzene rings is 1. The fourth-order valence-corrected chi connectivity index (χ4v) is 6.59. The molecule has 2 saturated heterocycles. The number of aliphatic hydroxyl groups is 1. The third-order valence-corrected chi connectivity index (χ3v) is 9.29. The lowest BCUT2D eigenvalue weighted by atomic mass is 10.1. The van der Waals surface area contributed by atoms with Gasteiger partial charge in [0.05, 0.1) is 32.1 Å². The first-order valence-electron chi connectivity index (χ1n) is 16.3. The van der Waals surface area contributed by atoms with E-state index in [4.69, 9.17) is 23.3 Å². The van der Waals surface area contributed by atoms with Gasteiger partial charge in [0.25, 0.3) is 11.5 Å². The number of fused-ring (bicyclic) bond motifs is 1. The Balaban J connectivity index is 1.10. The zero-order valence-electron chi connectivity index (χ0n) is 28.0. The van der Waals surface area contributed by atoms with Gasteiger partial charge in [0.1, 0.15) is 42.9 Å². The molecule has 0 radical (unpaired) electrons. The number of hydrogen-bond donors (Lipinski definition) is 4. The van der Waals surface area contributed by atoms with Gasteiger partial charge < -0.3 is 43.4 Å². The monoisotopic (exact) mass is 741 g/mol. The Bertz CT molecular complexity index is 2040. The van der Waals surface area contributed by atoms with Crippen molar-refractivity contribution in [3.05, 3.63) is 81.1 Å². The molecule has 0 spiro atoms. The van der Waals surface area contributed by atoms with Crippen molar-refractivity contribution in [1.29, 1.82) is 0 Å². The Hall–Kier alpha value is -4.75. The maximum atomic E-state index is 12.7. The lowest BCUT2D eigenvalue weighted by Gasteiger charge is -2.22. The number of carbonyl (C=O) groups excluding carboxylic acids is 3. The number of aryl methyl sites for hydroxylation is 1. The highest BCUT2D eigenvalue weighted by molar-refractivity contribution is 7.40.